The number of rotatable bonds is 5. The third kappa shape index (κ3) is 4.47. The number of benzene rings is 2. The van der Waals surface area contributed by atoms with Gasteiger partial charge in [-0.1, -0.05) is 59.3 Å². The van der Waals surface area contributed by atoms with Crippen molar-refractivity contribution in [3.63, 3.8) is 0 Å². The number of nitriles is 1. The van der Waals surface area contributed by atoms with Gasteiger partial charge in [0.25, 0.3) is 0 Å². The summed E-state index contributed by atoms with van der Waals surface area (Å²) in [6.07, 6.45) is 0.385. The van der Waals surface area contributed by atoms with Gasteiger partial charge in [0.1, 0.15) is 11.1 Å². The van der Waals surface area contributed by atoms with Gasteiger partial charge >= 0.3 is 5.97 Å². The molecule has 7 heteroatoms. The molecule has 0 N–H and O–H groups in total. The van der Waals surface area contributed by atoms with Crippen molar-refractivity contribution in [3.8, 4) is 6.07 Å². The zero-order valence-corrected chi connectivity index (χ0v) is 17.6. The van der Waals surface area contributed by atoms with E-state index in [-0.39, 0.29) is 23.1 Å². The molecule has 1 aliphatic heterocycles. The van der Waals surface area contributed by atoms with Gasteiger partial charge in [-0.25, -0.2) is 4.79 Å². The lowest BCUT2D eigenvalue weighted by atomic mass is 10.1. The maximum Gasteiger partial charge on any atom is 0.351 e. The Labute approximate surface area is 178 Å². The van der Waals surface area contributed by atoms with Gasteiger partial charge in [-0.15, -0.1) is 0 Å². The highest BCUT2D eigenvalue weighted by atomic mass is 35.5. The van der Waals surface area contributed by atoms with Crippen molar-refractivity contribution >= 4 is 40.9 Å². The van der Waals surface area contributed by atoms with Crippen LogP contribution in [0.3, 0.4) is 0 Å². The molecule has 1 saturated heterocycles. The fourth-order valence-corrected chi connectivity index (χ4v) is 4.47. The SMILES string of the molecule is CCOC(=O)/C(C#N)=C1\S[C@@H](Cc2ccccc2Cl)C(=O)N1c1ccc(C)cc1. The normalized spacial score (nSPS) is 17.8. The van der Waals surface area contributed by atoms with Crippen molar-refractivity contribution in [1.82, 2.24) is 0 Å². The molecule has 1 heterocycles. The fraction of sp³-hybridized carbons (Fsp3) is 0.227. The summed E-state index contributed by atoms with van der Waals surface area (Å²) in [4.78, 5) is 27.1. The van der Waals surface area contributed by atoms with Crippen LogP contribution in [0, 0.1) is 18.3 Å². The minimum atomic E-state index is -0.735. The van der Waals surface area contributed by atoms with Crippen molar-refractivity contribution < 1.29 is 14.3 Å². The topological polar surface area (TPSA) is 70.4 Å². The highest BCUT2D eigenvalue weighted by Gasteiger charge is 2.41. The Morgan fingerprint density at radius 3 is 2.55 bits per heavy atom. The molecule has 0 saturated carbocycles. The number of thioether (sulfide) groups is 1. The number of ether oxygens (including phenoxy) is 1. The van der Waals surface area contributed by atoms with Gasteiger partial charge in [0.05, 0.1) is 11.9 Å². The maximum absolute atomic E-state index is 13.3. The summed E-state index contributed by atoms with van der Waals surface area (Å²) >= 11 is 7.46. The molecule has 0 aromatic heterocycles. The van der Waals surface area contributed by atoms with E-state index in [4.69, 9.17) is 16.3 Å². The lowest BCUT2D eigenvalue weighted by molar-refractivity contribution is -0.138. The van der Waals surface area contributed by atoms with Crippen molar-refractivity contribution in [1.29, 1.82) is 5.26 Å². The Kier molecular flexibility index (Phi) is 6.63. The van der Waals surface area contributed by atoms with Crippen LogP contribution in [0.2, 0.25) is 5.02 Å². The van der Waals surface area contributed by atoms with Crippen LogP contribution in [0.4, 0.5) is 5.69 Å². The fourth-order valence-electron chi connectivity index (χ4n) is 2.97. The lowest BCUT2D eigenvalue weighted by Crippen LogP contribution is -2.30. The standard InChI is InChI=1S/C22H19ClN2O3S/c1-3-28-22(27)17(13-24)21-25(16-10-8-14(2)9-11-16)20(26)19(29-21)12-15-6-4-5-7-18(15)23/h4-11,19H,3,12H2,1-2H3/b21-17-/t19-/m0/s1. The lowest BCUT2D eigenvalue weighted by Gasteiger charge is -2.18. The number of aryl methyl sites for hydroxylation is 1. The Balaban J connectivity index is 2.05. The number of hydrogen-bond donors (Lipinski definition) is 0. The van der Waals surface area contributed by atoms with Gasteiger partial charge in [-0.2, -0.15) is 5.26 Å². The Morgan fingerprint density at radius 1 is 1.24 bits per heavy atom. The second-order valence-electron chi connectivity index (χ2n) is 6.42. The second-order valence-corrected chi connectivity index (χ2v) is 8.02. The molecular formula is C22H19ClN2O3S. The van der Waals surface area contributed by atoms with Crippen LogP contribution in [0.5, 0.6) is 0 Å². The van der Waals surface area contributed by atoms with E-state index < -0.39 is 11.2 Å². The molecule has 1 atom stereocenters. The molecule has 2 aromatic rings. The zero-order valence-electron chi connectivity index (χ0n) is 16.0. The van der Waals surface area contributed by atoms with E-state index in [0.717, 1.165) is 11.1 Å². The van der Waals surface area contributed by atoms with Crippen LogP contribution < -0.4 is 4.90 Å². The van der Waals surface area contributed by atoms with E-state index in [0.29, 0.717) is 17.1 Å². The molecule has 0 spiro atoms. The largest absolute Gasteiger partial charge is 0.462 e. The molecule has 29 heavy (non-hydrogen) atoms. The summed E-state index contributed by atoms with van der Waals surface area (Å²) < 4.78 is 5.03. The van der Waals surface area contributed by atoms with Gasteiger partial charge < -0.3 is 4.74 Å². The van der Waals surface area contributed by atoms with Crippen molar-refractivity contribution in [3.05, 3.63) is 75.3 Å². The molecule has 2 aromatic carbocycles. The quantitative estimate of drug-likeness (QED) is 0.395. The molecule has 5 nitrogen and oxygen atoms in total. The predicted molar refractivity (Wildman–Crippen MR) is 114 cm³/mol. The number of hydrogen-bond acceptors (Lipinski definition) is 5. The third-order valence-electron chi connectivity index (χ3n) is 4.41. The number of esters is 1. The van der Waals surface area contributed by atoms with Crippen LogP contribution in [-0.4, -0.2) is 23.7 Å². The summed E-state index contributed by atoms with van der Waals surface area (Å²) in [6.45, 7) is 3.76. The summed E-state index contributed by atoms with van der Waals surface area (Å²) in [6, 6.07) is 16.6. The van der Waals surface area contributed by atoms with E-state index in [1.54, 1.807) is 25.1 Å². The molecule has 0 radical (unpaired) electrons. The smallest absolute Gasteiger partial charge is 0.351 e. The van der Waals surface area contributed by atoms with Gasteiger partial charge in [-0.3, -0.25) is 9.69 Å². The van der Waals surface area contributed by atoms with Crippen LogP contribution in [0.1, 0.15) is 18.1 Å². The first kappa shape index (κ1) is 21.0. The summed E-state index contributed by atoms with van der Waals surface area (Å²) in [5.41, 5.74) is 2.30. The van der Waals surface area contributed by atoms with Crippen molar-refractivity contribution in [2.24, 2.45) is 0 Å². The molecule has 0 unspecified atom stereocenters. The molecule has 148 valence electrons. The predicted octanol–water partition coefficient (Wildman–Crippen LogP) is 4.64. The van der Waals surface area contributed by atoms with Crippen molar-refractivity contribution in [2.45, 2.75) is 25.5 Å². The number of carbonyl (C=O) groups is 2. The number of nitrogens with zero attached hydrogens (tertiary/aromatic N) is 2. The van der Waals surface area contributed by atoms with Gasteiger partial charge in [-0.05, 0) is 44.0 Å². The first-order chi connectivity index (χ1) is 14.0. The van der Waals surface area contributed by atoms with Gasteiger partial charge in [0, 0.05) is 10.7 Å². The van der Waals surface area contributed by atoms with E-state index in [9.17, 15) is 14.9 Å². The van der Waals surface area contributed by atoms with Gasteiger partial charge in [0.2, 0.25) is 5.91 Å². The number of carbonyl (C=O) groups excluding carboxylic acids is 2. The molecule has 1 aliphatic rings. The third-order valence-corrected chi connectivity index (χ3v) is 6.04. The Bertz CT molecular complexity index is 1010. The van der Waals surface area contributed by atoms with Crippen molar-refractivity contribution in [2.75, 3.05) is 11.5 Å². The number of halogens is 1. The average Bonchev–Trinajstić information content (AvgIpc) is 3.01. The molecule has 3 rings (SSSR count). The summed E-state index contributed by atoms with van der Waals surface area (Å²) in [5.74, 6) is -0.938. The molecular weight excluding hydrogens is 408 g/mol. The first-order valence-electron chi connectivity index (χ1n) is 9.08. The monoisotopic (exact) mass is 426 g/mol. The summed E-state index contributed by atoms with van der Waals surface area (Å²) in [7, 11) is 0. The van der Waals surface area contributed by atoms with Gasteiger partial charge in [0.15, 0.2) is 5.57 Å². The van der Waals surface area contributed by atoms with Crippen LogP contribution >= 0.6 is 23.4 Å². The minimum Gasteiger partial charge on any atom is -0.462 e. The van der Waals surface area contributed by atoms with Crippen LogP contribution in [-0.2, 0) is 20.7 Å². The highest BCUT2D eigenvalue weighted by Crippen LogP contribution is 2.42. The summed E-state index contributed by atoms with van der Waals surface area (Å²) in [5, 5.41) is 9.97. The minimum absolute atomic E-state index is 0.142. The highest BCUT2D eigenvalue weighted by molar-refractivity contribution is 8.05. The number of anilines is 1. The van der Waals surface area contributed by atoms with E-state index in [2.05, 4.69) is 0 Å². The molecule has 0 aliphatic carbocycles. The average molecular weight is 427 g/mol. The van der Waals surface area contributed by atoms with Crippen LogP contribution in [0.15, 0.2) is 59.1 Å². The Hall–Kier alpha value is -2.75. The zero-order chi connectivity index (χ0) is 21.0. The number of amides is 1. The first-order valence-corrected chi connectivity index (χ1v) is 10.3. The molecule has 1 fully saturated rings. The van der Waals surface area contributed by atoms with E-state index >= 15 is 0 Å². The maximum atomic E-state index is 13.3. The van der Waals surface area contributed by atoms with Crippen LogP contribution in [0.25, 0.3) is 0 Å². The second kappa shape index (κ2) is 9.17. The Morgan fingerprint density at radius 2 is 1.93 bits per heavy atom. The van der Waals surface area contributed by atoms with E-state index in [1.807, 2.05) is 43.3 Å². The molecule has 0 bridgehead atoms. The molecule has 1 amide bonds. The van der Waals surface area contributed by atoms with E-state index in [1.165, 1.54) is 16.7 Å².